The summed E-state index contributed by atoms with van der Waals surface area (Å²) in [6.45, 7) is 5.15. The molecule has 3 aromatic carbocycles. The minimum atomic E-state index is -0.307. The maximum atomic E-state index is 13.5. The highest BCUT2D eigenvalue weighted by Gasteiger charge is 2.32. The van der Waals surface area contributed by atoms with Crippen molar-refractivity contribution in [1.82, 2.24) is 4.90 Å². The molecule has 1 aliphatic heterocycles. The summed E-state index contributed by atoms with van der Waals surface area (Å²) in [6.07, 6.45) is 2.64. The summed E-state index contributed by atoms with van der Waals surface area (Å²) in [5.41, 5.74) is 2.26. The largest absolute Gasteiger partial charge is 0.490 e. The highest BCUT2D eigenvalue weighted by molar-refractivity contribution is 8.18. The van der Waals surface area contributed by atoms with Crippen LogP contribution in [0.5, 0.6) is 11.5 Å². The normalized spacial score (nSPS) is 15.7. The van der Waals surface area contributed by atoms with Gasteiger partial charge >= 0.3 is 0 Å². The summed E-state index contributed by atoms with van der Waals surface area (Å²) in [6, 6.07) is 19.0. The average Bonchev–Trinajstić information content (AvgIpc) is 3.14. The van der Waals surface area contributed by atoms with Crippen LogP contribution in [0.3, 0.4) is 0 Å². The van der Waals surface area contributed by atoms with Gasteiger partial charge in [0.2, 0.25) is 0 Å². The first-order valence-corrected chi connectivity index (χ1v) is 12.9. The number of halogens is 2. The Labute approximate surface area is 219 Å². The van der Waals surface area contributed by atoms with Gasteiger partial charge in [0.05, 0.1) is 17.2 Å². The van der Waals surface area contributed by atoms with E-state index in [1.54, 1.807) is 35.2 Å². The van der Waals surface area contributed by atoms with Gasteiger partial charge in [-0.15, -0.1) is 0 Å². The molecule has 4 rings (SSSR count). The molecule has 1 saturated heterocycles. The predicted molar refractivity (Wildman–Crippen MR) is 144 cm³/mol. The van der Waals surface area contributed by atoms with Crippen molar-refractivity contribution in [1.29, 1.82) is 0 Å². The third kappa shape index (κ3) is 6.47. The van der Waals surface area contributed by atoms with E-state index in [-0.39, 0.29) is 18.3 Å². The highest BCUT2D eigenvalue weighted by atomic mass is 35.5. The topological polar surface area (TPSA) is 51.1 Å². The predicted octanol–water partition coefficient (Wildman–Crippen LogP) is 7.47. The molecule has 1 amide bonds. The highest BCUT2D eigenvalue weighted by Crippen LogP contribution is 2.36. The molecule has 1 heterocycles. The number of benzene rings is 3. The van der Waals surface area contributed by atoms with E-state index in [0.717, 1.165) is 23.2 Å². The lowest BCUT2D eigenvalue weighted by molar-refractivity contribution is -0.122. The van der Waals surface area contributed by atoms with E-state index in [9.17, 15) is 9.18 Å². The van der Waals surface area contributed by atoms with E-state index in [1.165, 1.54) is 23.9 Å². The number of rotatable bonds is 9. The number of thioether (sulfide) groups is 1. The SMILES string of the molecule is CCCN1C(=O)/C(=C/c2ccc(OCc3cccc(F)c3)c(OCC)c2)SC1=Nc1ccc(Cl)cc1. The number of hydrogen-bond acceptors (Lipinski definition) is 5. The lowest BCUT2D eigenvalue weighted by Crippen LogP contribution is -2.29. The zero-order chi connectivity index (χ0) is 25.5. The molecule has 0 spiro atoms. The molecule has 0 atom stereocenters. The van der Waals surface area contributed by atoms with Gasteiger partial charge in [0.15, 0.2) is 16.7 Å². The Morgan fingerprint density at radius 3 is 2.56 bits per heavy atom. The quantitative estimate of drug-likeness (QED) is 0.272. The van der Waals surface area contributed by atoms with Crippen LogP contribution in [0.4, 0.5) is 10.1 Å². The Balaban J connectivity index is 1.57. The van der Waals surface area contributed by atoms with Gasteiger partial charge in [-0.1, -0.05) is 36.7 Å². The van der Waals surface area contributed by atoms with Crippen molar-refractivity contribution >= 4 is 46.2 Å². The van der Waals surface area contributed by atoms with Gasteiger partial charge < -0.3 is 9.47 Å². The fraction of sp³-hybridized carbons (Fsp3) is 0.214. The molecule has 0 aliphatic carbocycles. The van der Waals surface area contributed by atoms with Crippen LogP contribution in [-0.2, 0) is 11.4 Å². The maximum absolute atomic E-state index is 13.5. The second-order valence-corrected chi connectivity index (χ2v) is 9.44. The van der Waals surface area contributed by atoms with E-state index >= 15 is 0 Å². The van der Waals surface area contributed by atoms with Crippen molar-refractivity contribution in [2.75, 3.05) is 13.2 Å². The van der Waals surface area contributed by atoms with E-state index in [4.69, 9.17) is 21.1 Å². The van der Waals surface area contributed by atoms with Crippen molar-refractivity contribution in [3.05, 3.63) is 93.6 Å². The summed E-state index contributed by atoms with van der Waals surface area (Å²) in [5.74, 6) is 0.710. The van der Waals surface area contributed by atoms with Gasteiger partial charge in [-0.3, -0.25) is 9.69 Å². The standard InChI is InChI=1S/C28H26ClFN2O3S/c1-3-14-32-27(33)26(36-28(32)31-23-11-9-21(29)10-12-23)17-19-8-13-24(25(16-19)34-4-2)35-18-20-6-5-7-22(30)15-20/h5-13,15-17H,3-4,14,18H2,1-2H3/b26-17-,31-28?. The molecule has 1 fully saturated rings. The monoisotopic (exact) mass is 524 g/mol. The second-order valence-electron chi connectivity index (χ2n) is 8.00. The van der Waals surface area contributed by atoms with Crippen LogP contribution in [0, 0.1) is 5.82 Å². The van der Waals surface area contributed by atoms with Crippen molar-refractivity contribution in [3.63, 3.8) is 0 Å². The Kier molecular flexibility index (Phi) is 8.67. The number of carbonyl (C=O) groups excluding carboxylic acids is 1. The molecule has 8 heteroatoms. The van der Waals surface area contributed by atoms with Crippen LogP contribution in [0.15, 0.2) is 76.6 Å². The zero-order valence-corrected chi connectivity index (χ0v) is 21.6. The van der Waals surface area contributed by atoms with Crippen LogP contribution in [-0.4, -0.2) is 29.1 Å². The number of carbonyl (C=O) groups is 1. The molecule has 0 unspecified atom stereocenters. The third-order valence-corrected chi connectivity index (χ3v) is 6.49. The van der Waals surface area contributed by atoms with Crippen LogP contribution in [0.2, 0.25) is 5.02 Å². The van der Waals surface area contributed by atoms with Crippen molar-refractivity contribution < 1.29 is 18.7 Å². The Bertz CT molecular complexity index is 1290. The average molecular weight is 525 g/mol. The number of hydrogen-bond donors (Lipinski definition) is 0. The van der Waals surface area contributed by atoms with E-state index in [0.29, 0.717) is 39.7 Å². The minimum absolute atomic E-state index is 0.0843. The summed E-state index contributed by atoms with van der Waals surface area (Å²) in [5, 5.41) is 1.27. The van der Waals surface area contributed by atoms with Gasteiger partial charge in [-0.2, -0.15) is 0 Å². The zero-order valence-electron chi connectivity index (χ0n) is 20.0. The second kappa shape index (κ2) is 12.1. The first kappa shape index (κ1) is 25.8. The van der Waals surface area contributed by atoms with Crippen LogP contribution in [0.25, 0.3) is 6.08 Å². The van der Waals surface area contributed by atoms with E-state index in [2.05, 4.69) is 4.99 Å². The number of amidine groups is 1. The van der Waals surface area contributed by atoms with Gasteiger partial charge in [-0.05, 0) is 90.8 Å². The van der Waals surface area contributed by atoms with Gasteiger partial charge in [-0.25, -0.2) is 9.38 Å². The number of ether oxygens (including phenoxy) is 2. The van der Waals surface area contributed by atoms with E-state index < -0.39 is 0 Å². The summed E-state index contributed by atoms with van der Waals surface area (Å²) >= 11 is 7.33. The fourth-order valence-electron chi connectivity index (χ4n) is 3.58. The molecule has 1 aliphatic rings. The molecule has 0 aromatic heterocycles. The summed E-state index contributed by atoms with van der Waals surface area (Å²) in [7, 11) is 0. The third-order valence-electron chi connectivity index (χ3n) is 5.24. The Morgan fingerprint density at radius 1 is 1.03 bits per heavy atom. The lowest BCUT2D eigenvalue weighted by Gasteiger charge is -2.14. The first-order valence-electron chi connectivity index (χ1n) is 11.7. The van der Waals surface area contributed by atoms with Crippen LogP contribution < -0.4 is 9.47 Å². The summed E-state index contributed by atoms with van der Waals surface area (Å²) < 4.78 is 25.2. The molecule has 186 valence electrons. The molecule has 36 heavy (non-hydrogen) atoms. The van der Waals surface area contributed by atoms with Gasteiger partial charge in [0.1, 0.15) is 12.4 Å². The minimum Gasteiger partial charge on any atom is -0.490 e. The first-order chi connectivity index (χ1) is 17.5. The molecule has 5 nitrogen and oxygen atoms in total. The van der Waals surface area contributed by atoms with Crippen LogP contribution in [0.1, 0.15) is 31.4 Å². The van der Waals surface area contributed by atoms with E-state index in [1.807, 2.05) is 44.2 Å². The molecular formula is C28H26ClFN2O3S. The fourth-order valence-corrected chi connectivity index (χ4v) is 4.73. The summed E-state index contributed by atoms with van der Waals surface area (Å²) in [4.78, 5) is 20.1. The molecule has 0 bridgehead atoms. The molecular weight excluding hydrogens is 499 g/mol. The van der Waals surface area contributed by atoms with Gasteiger partial charge in [0.25, 0.3) is 5.91 Å². The van der Waals surface area contributed by atoms with Crippen molar-refractivity contribution in [2.24, 2.45) is 4.99 Å². The van der Waals surface area contributed by atoms with Crippen molar-refractivity contribution in [2.45, 2.75) is 26.9 Å². The molecule has 0 saturated carbocycles. The smallest absolute Gasteiger partial charge is 0.266 e. The van der Waals surface area contributed by atoms with Crippen molar-refractivity contribution in [3.8, 4) is 11.5 Å². The number of nitrogens with zero attached hydrogens (tertiary/aromatic N) is 2. The molecule has 0 radical (unpaired) electrons. The molecule has 3 aromatic rings. The number of amides is 1. The lowest BCUT2D eigenvalue weighted by atomic mass is 10.1. The Hall–Kier alpha value is -3.29. The Morgan fingerprint density at radius 2 is 1.83 bits per heavy atom. The van der Waals surface area contributed by atoms with Crippen LogP contribution >= 0.6 is 23.4 Å². The maximum Gasteiger partial charge on any atom is 0.266 e. The van der Waals surface area contributed by atoms with Gasteiger partial charge in [0, 0.05) is 11.6 Å². The molecule has 0 N–H and O–H groups in total. The number of aliphatic imine (C=N–C) groups is 1.